The predicted octanol–water partition coefficient (Wildman–Crippen LogP) is 2.43. The zero-order valence-electron chi connectivity index (χ0n) is 13.3. The van der Waals surface area contributed by atoms with Crippen molar-refractivity contribution >= 4 is 21.6 Å². The van der Waals surface area contributed by atoms with Crippen molar-refractivity contribution in [2.24, 2.45) is 0 Å². The molecule has 0 atom stereocenters. The molecule has 1 rings (SSSR count). The van der Waals surface area contributed by atoms with Crippen LogP contribution in [0.25, 0.3) is 0 Å². The second-order valence-electron chi connectivity index (χ2n) is 5.21. The first kappa shape index (κ1) is 19.3. The van der Waals surface area contributed by atoms with Gasteiger partial charge in [0, 0.05) is 19.5 Å². The van der Waals surface area contributed by atoms with Crippen LogP contribution in [0.4, 0.5) is 14.5 Å². The van der Waals surface area contributed by atoms with E-state index in [9.17, 15) is 22.0 Å². The standard InChI is InChI=1S/C15H22F2N2O3S/c1-3-4-5-10-18-14(20)9-11-19(23(2,21)22)15-12(16)7-6-8-13(15)17/h6-8H,3-5,9-11H2,1-2H3,(H,18,20). The Hall–Kier alpha value is -1.70. The van der Waals surface area contributed by atoms with Crippen LogP contribution in [-0.2, 0) is 14.8 Å². The van der Waals surface area contributed by atoms with Crippen LogP contribution in [-0.4, -0.2) is 33.7 Å². The molecule has 0 unspecified atom stereocenters. The lowest BCUT2D eigenvalue weighted by Crippen LogP contribution is -2.36. The van der Waals surface area contributed by atoms with Crippen molar-refractivity contribution in [2.45, 2.75) is 32.6 Å². The van der Waals surface area contributed by atoms with Gasteiger partial charge in [-0.25, -0.2) is 17.2 Å². The van der Waals surface area contributed by atoms with Crippen molar-refractivity contribution in [2.75, 3.05) is 23.7 Å². The second-order valence-corrected chi connectivity index (χ2v) is 7.12. The van der Waals surface area contributed by atoms with Gasteiger partial charge in [-0.15, -0.1) is 0 Å². The van der Waals surface area contributed by atoms with Crippen molar-refractivity contribution in [1.29, 1.82) is 0 Å². The minimum Gasteiger partial charge on any atom is -0.356 e. The molecular weight excluding hydrogens is 326 g/mol. The van der Waals surface area contributed by atoms with Crippen LogP contribution in [0.5, 0.6) is 0 Å². The number of benzene rings is 1. The minimum absolute atomic E-state index is 0.174. The first-order chi connectivity index (χ1) is 10.8. The zero-order chi connectivity index (χ0) is 17.5. The Morgan fingerprint density at radius 1 is 1.22 bits per heavy atom. The summed E-state index contributed by atoms with van der Waals surface area (Å²) in [5, 5.41) is 2.66. The maximum Gasteiger partial charge on any atom is 0.232 e. The van der Waals surface area contributed by atoms with Gasteiger partial charge in [0.15, 0.2) is 11.6 Å². The summed E-state index contributed by atoms with van der Waals surface area (Å²) >= 11 is 0. The number of carbonyl (C=O) groups excluding carboxylic acids is 1. The molecule has 0 aliphatic rings. The van der Waals surface area contributed by atoms with Crippen LogP contribution in [0.15, 0.2) is 18.2 Å². The molecule has 1 aromatic rings. The summed E-state index contributed by atoms with van der Waals surface area (Å²) < 4.78 is 51.8. The molecule has 1 aromatic carbocycles. The van der Waals surface area contributed by atoms with Gasteiger partial charge in [-0.05, 0) is 18.6 Å². The van der Waals surface area contributed by atoms with E-state index in [1.165, 1.54) is 0 Å². The quantitative estimate of drug-likeness (QED) is 0.697. The number of anilines is 1. The third-order valence-corrected chi connectivity index (χ3v) is 4.40. The second kappa shape index (κ2) is 8.81. The Morgan fingerprint density at radius 2 is 1.83 bits per heavy atom. The summed E-state index contributed by atoms with van der Waals surface area (Å²) in [7, 11) is -3.91. The van der Waals surface area contributed by atoms with Crippen molar-refractivity contribution in [1.82, 2.24) is 5.32 Å². The highest BCUT2D eigenvalue weighted by atomic mass is 32.2. The average Bonchev–Trinajstić information content (AvgIpc) is 2.45. The molecule has 1 N–H and O–H groups in total. The van der Waals surface area contributed by atoms with Crippen LogP contribution >= 0.6 is 0 Å². The van der Waals surface area contributed by atoms with Crippen LogP contribution in [0.1, 0.15) is 32.6 Å². The molecule has 0 spiro atoms. The number of sulfonamides is 1. The Morgan fingerprint density at radius 3 is 2.35 bits per heavy atom. The van der Waals surface area contributed by atoms with Gasteiger partial charge in [0.1, 0.15) is 5.69 Å². The van der Waals surface area contributed by atoms with Gasteiger partial charge in [0.25, 0.3) is 0 Å². The Kier molecular flexibility index (Phi) is 7.41. The van der Waals surface area contributed by atoms with Gasteiger partial charge in [-0.3, -0.25) is 9.10 Å². The fourth-order valence-electron chi connectivity index (χ4n) is 2.07. The Bertz CT molecular complexity index is 615. The minimum atomic E-state index is -3.91. The Labute approximate surface area is 135 Å². The molecule has 0 aliphatic carbocycles. The van der Waals surface area contributed by atoms with E-state index in [-0.39, 0.29) is 18.9 Å². The SMILES string of the molecule is CCCCCNC(=O)CCN(c1c(F)cccc1F)S(C)(=O)=O. The zero-order valence-corrected chi connectivity index (χ0v) is 14.1. The molecule has 0 saturated carbocycles. The lowest BCUT2D eigenvalue weighted by molar-refractivity contribution is -0.120. The molecule has 0 heterocycles. The molecule has 0 bridgehead atoms. The summed E-state index contributed by atoms with van der Waals surface area (Å²) in [6, 6.07) is 3.10. The van der Waals surface area contributed by atoms with E-state index in [0.29, 0.717) is 10.8 Å². The van der Waals surface area contributed by atoms with E-state index in [2.05, 4.69) is 5.32 Å². The number of amides is 1. The fourth-order valence-corrected chi connectivity index (χ4v) is 2.99. The third-order valence-electron chi connectivity index (χ3n) is 3.23. The van der Waals surface area contributed by atoms with E-state index in [4.69, 9.17) is 0 Å². The molecule has 0 fully saturated rings. The number of nitrogens with zero attached hydrogens (tertiary/aromatic N) is 1. The number of carbonyl (C=O) groups is 1. The summed E-state index contributed by atoms with van der Waals surface area (Å²) in [4.78, 5) is 11.7. The predicted molar refractivity (Wildman–Crippen MR) is 85.7 cm³/mol. The lowest BCUT2D eigenvalue weighted by atomic mass is 10.2. The molecule has 1 amide bonds. The molecule has 0 aromatic heterocycles. The smallest absolute Gasteiger partial charge is 0.232 e. The number of hydrogen-bond donors (Lipinski definition) is 1. The highest BCUT2D eigenvalue weighted by Crippen LogP contribution is 2.25. The van der Waals surface area contributed by atoms with E-state index in [1.54, 1.807) is 0 Å². The van der Waals surface area contributed by atoms with E-state index < -0.39 is 27.3 Å². The monoisotopic (exact) mass is 348 g/mol. The van der Waals surface area contributed by atoms with Gasteiger partial charge in [0.2, 0.25) is 15.9 Å². The van der Waals surface area contributed by atoms with Crippen LogP contribution in [0, 0.1) is 11.6 Å². The maximum absolute atomic E-state index is 13.8. The fraction of sp³-hybridized carbons (Fsp3) is 0.533. The molecule has 8 heteroatoms. The third kappa shape index (κ3) is 6.13. The summed E-state index contributed by atoms with van der Waals surface area (Å²) in [6.07, 6.45) is 3.51. The average molecular weight is 348 g/mol. The van der Waals surface area contributed by atoms with Gasteiger partial charge in [0.05, 0.1) is 6.26 Å². The van der Waals surface area contributed by atoms with Gasteiger partial charge in [-0.2, -0.15) is 0 Å². The molecular formula is C15H22F2N2O3S. The molecule has 23 heavy (non-hydrogen) atoms. The first-order valence-electron chi connectivity index (χ1n) is 7.45. The van der Waals surface area contributed by atoms with Gasteiger partial charge in [-0.1, -0.05) is 25.8 Å². The normalized spacial score (nSPS) is 11.3. The van der Waals surface area contributed by atoms with E-state index in [1.807, 2.05) is 6.92 Å². The van der Waals surface area contributed by atoms with Crippen molar-refractivity contribution in [3.8, 4) is 0 Å². The molecule has 0 radical (unpaired) electrons. The summed E-state index contributed by atoms with van der Waals surface area (Å²) in [5.41, 5.74) is -0.659. The maximum atomic E-state index is 13.8. The van der Waals surface area contributed by atoms with Gasteiger partial charge < -0.3 is 5.32 Å². The number of halogens is 2. The summed E-state index contributed by atoms with van der Waals surface area (Å²) in [5.74, 6) is -2.33. The van der Waals surface area contributed by atoms with Crippen LogP contribution in [0.2, 0.25) is 0 Å². The molecule has 0 aliphatic heterocycles. The van der Waals surface area contributed by atoms with Crippen LogP contribution in [0.3, 0.4) is 0 Å². The highest BCUT2D eigenvalue weighted by molar-refractivity contribution is 7.92. The summed E-state index contributed by atoms with van der Waals surface area (Å²) in [6.45, 7) is 2.21. The van der Waals surface area contributed by atoms with Crippen molar-refractivity contribution in [3.05, 3.63) is 29.8 Å². The number of unbranched alkanes of at least 4 members (excludes halogenated alkanes) is 2. The number of para-hydroxylation sites is 1. The number of rotatable bonds is 9. The lowest BCUT2D eigenvalue weighted by Gasteiger charge is -2.23. The Balaban J connectivity index is 2.77. The largest absolute Gasteiger partial charge is 0.356 e. The molecule has 0 saturated heterocycles. The van der Waals surface area contributed by atoms with Gasteiger partial charge >= 0.3 is 0 Å². The number of nitrogens with one attached hydrogen (secondary N) is 1. The highest BCUT2D eigenvalue weighted by Gasteiger charge is 2.24. The topological polar surface area (TPSA) is 66.5 Å². The van der Waals surface area contributed by atoms with Crippen LogP contribution < -0.4 is 9.62 Å². The van der Waals surface area contributed by atoms with E-state index in [0.717, 1.165) is 43.7 Å². The van der Waals surface area contributed by atoms with Crippen molar-refractivity contribution in [3.63, 3.8) is 0 Å². The van der Waals surface area contributed by atoms with Crippen molar-refractivity contribution < 1.29 is 22.0 Å². The molecule has 130 valence electrons. The molecule has 5 nitrogen and oxygen atoms in total. The number of hydrogen-bond acceptors (Lipinski definition) is 3. The first-order valence-corrected chi connectivity index (χ1v) is 9.30. The van der Waals surface area contributed by atoms with E-state index >= 15 is 0 Å².